The molecular formula is C24H42N2O2. The van der Waals surface area contributed by atoms with Crippen molar-refractivity contribution in [2.45, 2.75) is 110 Å². The van der Waals surface area contributed by atoms with E-state index in [4.69, 9.17) is 4.74 Å². The number of nitrogens with one attached hydrogen (secondary N) is 2. The Morgan fingerprint density at radius 1 is 0.786 bits per heavy atom. The van der Waals surface area contributed by atoms with Crippen LogP contribution in [0.2, 0.25) is 0 Å². The van der Waals surface area contributed by atoms with Gasteiger partial charge in [-0.15, -0.1) is 0 Å². The first-order valence-corrected chi connectivity index (χ1v) is 10.5. The van der Waals surface area contributed by atoms with E-state index in [1.54, 1.807) is 0 Å². The number of hydrogen-bond acceptors (Lipinski definition) is 2. The number of hydrogen-bond donors (Lipinski definition) is 2. The predicted molar refractivity (Wildman–Crippen MR) is 119 cm³/mol. The summed E-state index contributed by atoms with van der Waals surface area (Å²) < 4.78 is 6.04. The molecule has 2 fully saturated rings. The minimum Gasteiger partial charge on any atom is -0.374 e. The fourth-order valence-corrected chi connectivity index (χ4v) is 4.18. The first-order valence-electron chi connectivity index (χ1n) is 10.5. The summed E-state index contributed by atoms with van der Waals surface area (Å²) >= 11 is 0. The minimum atomic E-state index is 0. The summed E-state index contributed by atoms with van der Waals surface area (Å²) in [7, 11) is 0. The van der Waals surface area contributed by atoms with Gasteiger partial charge in [0.2, 0.25) is 0 Å². The fourth-order valence-electron chi connectivity index (χ4n) is 4.18. The second kappa shape index (κ2) is 13.6. The van der Waals surface area contributed by atoms with Crippen molar-refractivity contribution in [3.05, 3.63) is 35.9 Å². The van der Waals surface area contributed by atoms with Gasteiger partial charge in [-0.1, -0.05) is 77.3 Å². The van der Waals surface area contributed by atoms with Gasteiger partial charge in [0.1, 0.15) is 0 Å². The molecule has 0 bridgehead atoms. The molecule has 2 saturated carbocycles. The molecule has 0 saturated heterocycles. The van der Waals surface area contributed by atoms with Crippen molar-refractivity contribution in [1.29, 1.82) is 0 Å². The van der Waals surface area contributed by atoms with Crippen molar-refractivity contribution in [2.24, 2.45) is 0 Å². The van der Waals surface area contributed by atoms with Crippen LogP contribution < -0.4 is 10.6 Å². The molecule has 0 unspecified atom stereocenters. The second-order valence-electron chi connectivity index (χ2n) is 7.93. The van der Waals surface area contributed by atoms with Crippen LogP contribution in [0.5, 0.6) is 0 Å². The third-order valence-electron chi connectivity index (χ3n) is 5.78. The molecule has 0 aromatic heterocycles. The largest absolute Gasteiger partial charge is 0.374 e. The Kier molecular flexibility index (Phi) is 11.9. The van der Waals surface area contributed by atoms with E-state index in [9.17, 15) is 4.79 Å². The Hall–Kier alpha value is -1.55. The van der Waals surface area contributed by atoms with Gasteiger partial charge in [0.25, 0.3) is 0 Å². The number of carbonyl (C=O) groups excluding carboxylic acids is 1. The molecule has 0 heterocycles. The molecule has 2 amide bonds. The smallest absolute Gasteiger partial charge is 0.315 e. The molecule has 0 spiro atoms. The minimum absolute atomic E-state index is 0. The SMILES string of the molecule is C.C.O=C(NC1CCCCCCC1)NC1CCC(OCc2ccccc2)CC1. The Morgan fingerprint density at radius 2 is 1.32 bits per heavy atom. The highest BCUT2D eigenvalue weighted by Gasteiger charge is 2.23. The van der Waals surface area contributed by atoms with Crippen LogP contribution in [0, 0.1) is 0 Å². The number of urea groups is 1. The molecule has 4 heteroatoms. The van der Waals surface area contributed by atoms with E-state index in [0.717, 1.165) is 38.5 Å². The fraction of sp³-hybridized carbons (Fsp3) is 0.708. The molecule has 0 radical (unpaired) electrons. The summed E-state index contributed by atoms with van der Waals surface area (Å²) in [6.07, 6.45) is 13.1. The van der Waals surface area contributed by atoms with Crippen molar-refractivity contribution in [3.63, 3.8) is 0 Å². The summed E-state index contributed by atoms with van der Waals surface area (Å²) in [5.41, 5.74) is 1.23. The number of ether oxygens (including phenoxy) is 1. The quantitative estimate of drug-likeness (QED) is 0.629. The molecule has 1 aromatic carbocycles. The zero-order chi connectivity index (χ0) is 18.0. The molecule has 0 atom stereocenters. The molecule has 3 rings (SSSR count). The van der Waals surface area contributed by atoms with E-state index in [-0.39, 0.29) is 20.9 Å². The highest BCUT2D eigenvalue weighted by Crippen LogP contribution is 2.22. The second-order valence-corrected chi connectivity index (χ2v) is 7.93. The highest BCUT2D eigenvalue weighted by molar-refractivity contribution is 5.74. The van der Waals surface area contributed by atoms with Crippen LogP contribution in [0.4, 0.5) is 4.79 Å². The first kappa shape index (κ1) is 24.5. The Labute approximate surface area is 172 Å². The maximum Gasteiger partial charge on any atom is 0.315 e. The van der Waals surface area contributed by atoms with Crippen LogP contribution in [0.15, 0.2) is 30.3 Å². The maximum absolute atomic E-state index is 12.3. The van der Waals surface area contributed by atoms with Crippen molar-refractivity contribution >= 4 is 6.03 Å². The summed E-state index contributed by atoms with van der Waals surface area (Å²) in [6, 6.07) is 11.0. The van der Waals surface area contributed by atoms with Crippen LogP contribution in [0.25, 0.3) is 0 Å². The monoisotopic (exact) mass is 390 g/mol. The zero-order valence-corrected chi connectivity index (χ0v) is 15.9. The van der Waals surface area contributed by atoms with Crippen molar-refractivity contribution in [2.75, 3.05) is 0 Å². The molecule has 2 aliphatic carbocycles. The number of rotatable bonds is 5. The van der Waals surface area contributed by atoms with Crippen LogP contribution in [0.1, 0.15) is 91.0 Å². The van der Waals surface area contributed by atoms with Crippen LogP contribution in [-0.4, -0.2) is 24.2 Å². The lowest BCUT2D eigenvalue weighted by Crippen LogP contribution is -2.47. The maximum atomic E-state index is 12.3. The predicted octanol–water partition coefficient (Wildman–Crippen LogP) is 6.20. The molecule has 2 N–H and O–H groups in total. The average Bonchev–Trinajstić information content (AvgIpc) is 2.64. The van der Waals surface area contributed by atoms with E-state index < -0.39 is 0 Å². The van der Waals surface area contributed by atoms with Crippen LogP contribution >= 0.6 is 0 Å². The average molecular weight is 391 g/mol. The highest BCUT2D eigenvalue weighted by atomic mass is 16.5. The van der Waals surface area contributed by atoms with Gasteiger partial charge in [-0.05, 0) is 44.1 Å². The number of benzene rings is 1. The molecule has 0 aliphatic heterocycles. The van der Waals surface area contributed by atoms with Gasteiger partial charge >= 0.3 is 6.03 Å². The van der Waals surface area contributed by atoms with Crippen LogP contribution in [0.3, 0.4) is 0 Å². The summed E-state index contributed by atoms with van der Waals surface area (Å²) in [5.74, 6) is 0. The third-order valence-corrected chi connectivity index (χ3v) is 5.78. The lowest BCUT2D eigenvalue weighted by atomic mass is 9.93. The number of carbonyl (C=O) groups is 1. The van der Waals surface area contributed by atoms with Gasteiger partial charge < -0.3 is 15.4 Å². The molecular weight excluding hydrogens is 348 g/mol. The zero-order valence-electron chi connectivity index (χ0n) is 15.9. The standard InChI is InChI=1S/C22H34N2O2.2CH4/c25-22(23-19-11-7-2-1-3-8-12-19)24-20-13-15-21(16-14-20)26-17-18-9-5-4-6-10-18;;/h4-6,9-10,19-21H,1-3,7-8,11-17H2,(H2,23,24,25);2*1H4. The molecule has 1 aromatic rings. The lowest BCUT2D eigenvalue weighted by Gasteiger charge is -2.30. The normalized spacial score (nSPS) is 23.3. The third kappa shape index (κ3) is 8.64. The van der Waals surface area contributed by atoms with E-state index in [0.29, 0.717) is 24.8 Å². The van der Waals surface area contributed by atoms with Gasteiger partial charge in [0.15, 0.2) is 0 Å². The van der Waals surface area contributed by atoms with Crippen molar-refractivity contribution in [3.8, 4) is 0 Å². The Bertz CT molecular complexity index is 519. The first-order chi connectivity index (χ1) is 12.8. The van der Waals surface area contributed by atoms with E-state index in [1.807, 2.05) is 18.2 Å². The number of amides is 2. The topological polar surface area (TPSA) is 50.4 Å². The van der Waals surface area contributed by atoms with Crippen molar-refractivity contribution in [1.82, 2.24) is 10.6 Å². The van der Waals surface area contributed by atoms with Gasteiger partial charge in [-0.2, -0.15) is 0 Å². The van der Waals surface area contributed by atoms with E-state index >= 15 is 0 Å². The molecule has 160 valence electrons. The summed E-state index contributed by atoms with van der Waals surface area (Å²) in [5, 5.41) is 6.40. The van der Waals surface area contributed by atoms with Crippen LogP contribution in [-0.2, 0) is 11.3 Å². The molecule has 28 heavy (non-hydrogen) atoms. The van der Waals surface area contributed by atoms with E-state index in [2.05, 4.69) is 22.8 Å². The van der Waals surface area contributed by atoms with Gasteiger partial charge in [0.05, 0.1) is 12.7 Å². The van der Waals surface area contributed by atoms with Gasteiger partial charge in [-0.25, -0.2) is 4.79 Å². The lowest BCUT2D eigenvalue weighted by molar-refractivity contribution is 0.0120. The molecule has 2 aliphatic rings. The summed E-state index contributed by atoms with van der Waals surface area (Å²) in [6.45, 7) is 0.686. The van der Waals surface area contributed by atoms with Gasteiger partial charge in [-0.3, -0.25) is 0 Å². The van der Waals surface area contributed by atoms with E-state index in [1.165, 1.54) is 37.7 Å². The molecule has 4 nitrogen and oxygen atoms in total. The summed E-state index contributed by atoms with van der Waals surface area (Å²) in [4.78, 5) is 12.3. The Morgan fingerprint density at radius 3 is 1.93 bits per heavy atom. The van der Waals surface area contributed by atoms with Gasteiger partial charge in [0, 0.05) is 12.1 Å². The van der Waals surface area contributed by atoms with Crippen molar-refractivity contribution < 1.29 is 9.53 Å². The Balaban J connectivity index is 0.00000196.